The van der Waals surface area contributed by atoms with Gasteiger partial charge in [0.25, 0.3) is 0 Å². The van der Waals surface area contributed by atoms with E-state index in [0.29, 0.717) is 17.8 Å². The summed E-state index contributed by atoms with van der Waals surface area (Å²) in [6, 6.07) is 32.2. The predicted molar refractivity (Wildman–Crippen MR) is 249 cm³/mol. The number of rotatable bonds is 27. The van der Waals surface area contributed by atoms with Crippen LogP contribution in [-0.4, -0.2) is 19.8 Å². The van der Waals surface area contributed by atoms with E-state index < -0.39 is 0 Å². The number of ether oxygens (including phenoxy) is 3. The molecule has 3 heteroatoms. The molecule has 0 amide bonds. The highest BCUT2D eigenvalue weighted by atomic mass is 16.5. The first-order valence-corrected chi connectivity index (χ1v) is 22.3. The standard InChI is InChI=1S/C54H72O3/c1-7-13-16-43(10-4)40-55-52-31-25-46(26-32-52)19-22-49-37-50(23-20-47-27-33-53(34-28-47)56-41-44(11-5)17-14-8-2)39-51(38-49)24-21-48-29-35-54(36-30-48)57-42-45(12-6)18-15-9-3/h19-39,43-45H,7-18,40-42H2,1-6H3/b22-19+,23-20+,24-21+. The highest BCUT2D eigenvalue weighted by Crippen LogP contribution is 2.24. The van der Waals surface area contributed by atoms with Crippen molar-refractivity contribution in [1.29, 1.82) is 0 Å². The molecule has 4 aromatic carbocycles. The first-order chi connectivity index (χ1) is 27.9. The molecule has 3 nitrogen and oxygen atoms in total. The number of hydrogen-bond donors (Lipinski definition) is 0. The molecule has 4 aromatic rings. The lowest BCUT2D eigenvalue weighted by Gasteiger charge is -2.15. The van der Waals surface area contributed by atoms with Crippen molar-refractivity contribution in [3.8, 4) is 17.2 Å². The normalized spacial score (nSPS) is 13.4. The van der Waals surface area contributed by atoms with Gasteiger partial charge in [-0.15, -0.1) is 0 Å². The average Bonchev–Trinajstić information content (AvgIpc) is 3.25. The fourth-order valence-corrected chi connectivity index (χ4v) is 6.93. The molecule has 0 N–H and O–H groups in total. The molecule has 0 spiro atoms. The van der Waals surface area contributed by atoms with Crippen molar-refractivity contribution >= 4 is 36.5 Å². The van der Waals surface area contributed by atoms with Gasteiger partial charge in [0.1, 0.15) is 17.2 Å². The highest BCUT2D eigenvalue weighted by molar-refractivity contribution is 5.79. The summed E-state index contributed by atoms with van der Waals surface area (Å²) in [6.45, 7) is 15.9. The third-order valence-corrected chi connectivity index (χ3v) is 11.1. The Morgan fingerprint density at radius 2 is 0.596 bits per heavy atom. The minimum atomic E-state index is 0.619. The van der Waals surface area contributed by atoms with Crippen LogP contribution in [-0.2, 0) is 0 Å². The van der Waals surface area contributed by atoms with Gasteiger partial charge in [-0.2, -0.15) is 0 Å². The highest BCUT2D eigenvalue weighted by Gasteiger charge is 2.09. The van der Waals surface area contributed by atoms with Gasteiger partial charge in [-0.1, -0.05) is 172 Å². The maximum atomic E-state index is 6.17. The minimum Gasteiger partial charge on any atom is -0.493 e. The average molecular weight is 769 g/mol. The molecule has 0 saturated carbocycles. The van der Waals surface area contributed by atoms with Crippen LogP contribution in [0.1, 0.15) is 152 Å². The summed E-state index contributed by atoms with van der Waals surface area (Å²) in [7, 11) is 0. The molecule has 0 aromatic heterocycles. The molecule has 306 valence electrons. The molecule has 0 bridgehead atoms. The smallest absolute Gasteiger partial charge is 0.119 e. The summed E-state index contributed by atoms with van der Waals surface area (Å²) in [4.78, 5) is 0. The van der Waals surface area contributed by atoms with Crippen molar-refractivity contribution in [2.45, 2.75) is 119 Å². The maximum Gasteiger partial charge on any atom is 0.119 e. The Morgan fingerprint density at radius 1 is 0.351 bits per heavy atom. The van der Waals surface area contributed by atoms with Gasteiger partial charge in [0.05, 0.1) is 19.8 Å². The van der Waals surface area contributed by atoms with Gasteiger partial charge >= 0.3 is 0 Å². The summed E-state index contributed by atoms with van der Waals surface area (Å²) in [5.74, 6) is 4.68. The molecule has 0 saturated heterocycles. The Morgan fingerprint density at radius 3 is 0.825 bits per heavy atom. The zero-order valence-electron chi connectivity index (χ0n) is 36.2. The van der Waals surface area contributed by atoms with E-state index >= 15 is 0 Å². The van der Waals surface area contributed by atoms with Crippen LogP contribution in [0.25, 0.3) is 36.5 Å². The van der Waals surface area contributed by atoms with Crippen LogP contribution in [0.3, 0.4) is 0 Å². The predicted octanol–water partition coefficient (Wildman–Crippen LogP) is 16.0. The second-order valence-corrected chi connectivity index (χ2v) is 15.8. The molecule has 57 heavy (non-hydrogen) atoms. The largest absolute Gasteiger partial charge is 0.493 e. The quantitative estimate of drug-likeness (QED) is 0.0566. The molecule has 0 fully saturated rings. The second kappa shape index (κ2) is 26.4. The van der Waals surface area contributed by atoms with Crippen molar-refractivity contribution in [1.82, 2.24) is 0 Å². The van der Waals surface area contributed by atoms with E-state index in [4.69, 9.17) is 14.2 Å². The lowest BCUT2D eigenvalue weighted by atomic mass is 10.0. The lowest BCUT2D eigenvalue weighted by Crippen LogP contribution is -2.11. The second-order valence-electron chi connectivity index (χ2n) is 15.8. The Kier molecular flexibility index (Phi) is 21.0. The number of hydrogen-bond acceptors (Lipinski definition) is 3. The van der Waals surface area contributed by atoms with Crippen LogP contribution >= 0.6 is 0 Å². The van der Waals surface area contributed by atoms with E-state index in [0.717, 1.165) is 89.7 Å². The summed E-state index contributed by atoms with van der Waals surface area (Å²) in [5.41, 5.74) is 6.88. The van der Waals surface area contributed by atoms with Gasteiger partial charge in [-0.05, 0) is 125 Å². The summed E-state index contributed by atoms with van der Waals surface area (Å²) < 4.78 is 18.5. The molecule has 3 atom stereocenters. The Hall–Kier alpha value is -4.50. The molecule has 0 heterocycles. The van der Waals surface area contributed by atoms with Crippen LogP contribution < -0.4 is 14.2 Å². The van der Waals surface area contributed by atoms with Crippen molar-refractivity contribution in [2.75, 3.05) is 19.8 Å². The molecule has 0 aliphatic heterocycles. The van der Waals surface area contributed by atoms with E-state index in [1.807, 2.05) is 0 Å². The third kappa shape index (κ3) is 17.3. The van der Waals surface area contributed by atoms with Crippen molar-refractivity contribution in [2.24, 2.45) is 17.8 Å². The molecule has 3 unspecified atom stereocenters. The Bertz CT molecular complexity index is 1530. The van der Waals surface area contributed by atoms with Gasteiger partial charge in [-0.3, -0.25) is 0 Å². The fourth-order valence-electron chi connectivity index (χ4n) is 6.93. The number of unbranched alkanes of at least 4 members (excludes halogenated alkanes) is 3. The SMILES string of the molecule is CCCCC(CC)COc1ccc(/C=C/c2cc(/C=C/c3ccc(OCC(CC)CCCC)cc3)cc(/C=C/c3ccc(OCC(CC)CCCC)cc3)c2)cc1. The van der Waals surface area contributed by atoms with Crippen molar-refractivity contribution < 1.29 is 14.2 Å². The zero-order valence-corrected chi connectivity index (χ0v) is 36.2. The first kappa shape index (κ1) is 45.2. The molecule has 0 aliphatic carbocycles. The Balaban J connectivity index is 1.48. The van der Waals surface area contributed by atoms with Gasteiger partial charge in [0, 0.05) is 0 Å². The van der Waals surface area contributed by atoms with Crippen LogP contribution in [0.4, 0.5) is 0 Å². The lowest BCUT2D eigenvalue weighted by molar-refractivity contribution is 0.233. The van der Waals surface area contributed by atoms with Gasteiger partial charge in [0.15, 0.2) is 0 Å². The minimum absolute atomic E-state index is 0.619. The molecular weight excluding hydrogens is 697 g/mol. The van der Waals surface area contributed by atoms with E-state index in [2.05, 4.69) is 169 Å². The van der Waals surface area contributed by atoms with Crippen LogP contribution in [0, 0.1) is 17.8 Å². The monoisotopic (exact) mass is 769 g/mol. The molecule has 4 rings (SSSR count). The summed E-state index contributed by atoms with van der Waals surface area (Å²) >= 11 is 0. The summed E-state index contributed by atoms with van der Waals surface area (Å²) in [5, 5.41) is 0. The maximum absolute atomic E-state index is 6.17. The zero-order chi connectivity index (χ0) is 40.5. The van der Waals surface area contributed by atoms with E-state index in [1.165, 1.54) is 57.8 Å². The third-order valence-electron chi connectivity index (χ3n) is 11.1. The van der Waals surface area contributed by atoms with E-state index in [9.17, 15) is 0 Å². The van der Waals surface area contributed by atoms with Gasteiger partial charge < -0.3 is 14.2 Å². The van der Waals surface area contributed by atoms with Crippen LogP contribution in [0.2, 0.25) is 0 Å². The topological polar surface area (TPSA) is 27.7 Å². The summed E-state index contributed by atoms with van der Waals surface area (Å²) in [6.07, 6.45) is 27.9. The van der Waals surface area contributed by atoms with Crippen LogP contribution in [0.5, 0.6) is 17.2 Å². The van der Waals surface area contributed by atoms with Gasteiger partial charge in [-0.25, -0.2) is 0 Å². The van der Waals surface area contributed by atoms with Crippen molar-refractivity contribution in [3.05, 3.63) is 124 Å². The van der Waals surface area contributed by atoms with Crippen molar-refractivity contribution in [3.63, 3.8) is 0 Å². The first-order valence-electron chi connectivity index (χ1n) is 22.3. The Labute approximate surface area is 347 Å². The molecule has 0 radical (unpaired) electrons. The van der Waals surface area contributed by atoms with E-state index in [1.54, 1.807) is 0 Å². The molecule has 0 aliphatic rings. The van der Waals surface area contributed by atoms with Crippen LogP contribution in [0.15, 0.2) is 91.0 Å². The fraction of sp³-hybridized carbons (Fsp3) is 0.444. The van der Waals surface area contributed by atoms with Gasteiger partial charge in [0.2, 0.25) is 0 Å². The number of benzene rings is 4. The van der Waals surface area contributed by atoms with E-state index in [-0.39, 0.29) is 0 Å². The molecular formula is C54H72O3.